The maximum Gasteiger partial charge on any atom is 0.416 e. The number of H-pyrrole nitrogens is 1. The van der Waals surface area contributed by atoms with Gasteiger partial charge in [-0.2, -0.15) is 36.6 Å². The molecule has 1 aliphatic heterocycles. The summed E-state index contributed by atoms with van der Waals surface area (Å²) in [7, 11) is 1.51. The van der Waals surface area contributed by atoms with Crippen molar-refractivity contribution in [1.82, 2.24) is 10.2 Å². The molecule has 0 unspecified atom stereocenters. The molecule has 0 aliphatic carbocycles. The molecule has 0 saturated carbocycles. The highest BCUT2D eigenvalue weighted by Crippen LogP contribution is 2.41. The molecule has 6 nitrogen and oxygen atoms in total. The molecule has 0 spiro atoms. The first-order valence-electron chi connectivity index (χ1n) is 8.42. The van der Waals surface area contributed by atoms with Crippen molar-refractivity contribution in [2.45, 2.75) is 12.4 Å². The number of alkyl halides is 6. The summed E-state index contributed by atoms with van der Waals surface area (Å²) in [5.41, 5.74) is 3.71. The SMILES string of the molecule is COc1ccc(-c2[nH]nc3c2NN(c2cc(C(F)(F)F)cc(C(F)(F)F)c2)N3)cc1. The molecule has 158 valence electrons. The Hall–Kier alpha value is -3.57. The Bertz CT molecular complexity index is 1040. The Morgan fingerprint density at radius 2 is 1.47 bits per heavy atom. The van der Waals surface area contributed by atoms with Gasteiger partial charge in [0.15, 0.2) is 5.82 Å². The maximum atomic E-state index is 13.1. The van der Waals surface area contributed by atoms with Gasteiger partial charge in [0.25, 0.3) is 0 Å². The number of hydrogen-bond donors (Lipinski definition) is 3. The van der Waals surface area contributed by atoms with Gasteiger partial charge in [0, 0.05) is 5.56 Å². The van der Waals surface area contributed by atoms with Crippen LogP contribution in [0.3, 0.4) is 0 Å². The summed E-state index contributed by atoms with van der Waals surface area (Å²) in [4.78, 5) is 0. The van der Waals surface area contributed by atoms with Crippen LogP contribution in [0.1, 0.15) is 11.1 Å². The first-order chi connectivity index (χ1) is 14.1. The molecule has 0 fully saturated rings. The van der Waals surface area contributed by atoms with E-state index in [2.05, 4.69) is 21.0 Å². The maximum absolute atomic E-state index is 13.1. The van der Waals surface area contributed by atoms with Crippen LogP contribution in [-0.2, 0) is 12.4 Å². The number of hydrazine groups is 2. The molecule has 0 radical (unpaired) electrons. The molecule has 1 aromatic heterocycles. The summed E-state index contributed by atoms with van der Waals surface area (Å²) in [6, 6.07) is 8.14. The van der Waals surface area contributed by atoms with Crippen LogP contribution in [0.5, 0.6) is 5.75 Å². The molecule has 12 heteroatoms. The molecule has 30 heavy (non-hydrogen) atoms. The number of methoxy groups -OCH3 is 1. The van der Waals surface area contributed by atoms with Crippen LogP contribution in [0.15, 0.2) is 42.5 Å². The van der Waals surface area contributed by atoms with Crippen molar-refractivity contribution in [3.05, 3.63) is 53.6 Å². The second-order valence-electron chi connectivity index (χ2n) is 6.37. The number of nitrogens with one attached hydrogen (secondary N) is 3. The predicted octanol–water partition coefficient (Wildman–Crippen LogP) is 5.30. The zero-order valence-electron chi connectivity index (χ0n) is 15.1. The van der Waals surface area contributed by atoms with Gasteiger partial charge in [0.1, 0.15) is 11.4 Å². The lowest BCUT2D eigenvalue weighted by Crippen LogP contribution is -2.30. The minimum Gasteiger partial charge on any atom is -0.497 e. The zero-order chi connectivity index (χ0) is 21.7. The van der Waals surface area contributed by atoms with E-state index in [1.807, 2.05) is 0 Å². The topological polar surface area (TPSA) is 65.2 Å². The fourth-order valence-electron chi connectivity index (χ4n) is 2.94. The number of fused-ring (bicyclic) bond motifs is 1. The summed E-state index contributed by atoms with van der Waals surface area (Å²) in [6.07, 6.45) is -9.89. The molecule has 4 rings (SSSR count). The minimum absolute atomic E-state index is 0.0710. The predicted molar refractivity (Wildman–Crippen MR) is 96.7 cm³/mol. The molecule has 0 bridgehead atoms. The van der Waals surface area contributed by atoms with E-state index < -0.39 is 23.5 Å². The highest BCUT2D eigenvalue weighted by molar-refractivity contribution is 5.88. The molecule has 0 saturated heterocycles. The van der Waals surface area contributed by atoms with Gasteiger partial charge in [0.2, 0.25) is 0 Å². The van der Waals surface area contributed by atoms with Crippen molar-refractivity contribution >= 4 is 17.2 Å². The van der Waals surface area contributed by atoms with Gasteiger partial charge in [0.05, 0.1) is 29.6 Å². The van der Waals surface area contributed by atoms with Crippen LogP contribution < -0.4 is 20.7 Å². The zero-order valence-corrected chi connectivity index (χ0v) is 15.1. The highest BCUT2D eigenvalue weighted by Gasteiger charge is 2.38. The lowest BCUT2D eigenvalue weighted by Gasteiger charge is -2.22. The molecule has 0 atom stereocenters. The number of anilines is 3. The molecule has 2 heterocycles. The molecular weight excluding hydrogens is 416 g/mol. The van der Waals surface area contributed by atoms with Gasteiger partial charge in [-0.1, -0.05) is 0 Å². The first kappa shape index (κ1) is 19.7. The first-order valence-corrected chi connectivity index (χ1v) is 8.42. The minimum atomic E-state index is -4.95. The Balaban J connectivity index is 1.68. The Morgan fingerprint density at radius 3 is 2.00 bits per heavy atom. The molecule has 2 aromatic carbocycles. The van der Waals surface area contributed by atoms with E-state index >= 15 is 0 Å². The third-order valence-electron chi connectivity index (χ3n) is 4.42. The molecular formula is C18H13F6N5O. The summed E-state index contributed by atoms with van der Waals surface area (Å²) in [5, 5.41) is 7.74. The Labute approximate surface area is 165 Å². The van der Waals surface area contributed by atoms with E-state index in [4.69, 9.17) is 4.74 Å². The number of nitrogens with zero attached hydrogens (tertiary/aromatic N) is 2. The number of halogens is 6. The van der Waals surface area contributed by atoms with Gasteiger partial charge in [-0.05, 0) is 42.5 Å². The Kier molecular flexibility index (Phi) is 4.44. The standard InChI is InChI=1S/C18H13F6N5O/c1-30-13-4-2-9(3-5-13)14-15-16(26-25-14)28-29(27-15)12-7-10(17(19,20)21)6-11(8-12)18(22,23)24/h2-8,27H,1H3,(H2,25,26,28). The van der Waals surface area contributed by atoms with Gasteiger partial charge < -0.3 is 4.74 Å². The summed E-state index contributed by atoms with van der Waals surface area (Å²) >= 11 is 0. The van der Waals surface area contributed by atoms with E-state index in [0.29, 0.717) is 34.8 Å². The molecule has 0 amide bonds. The third kappa shape index (κ3) is 3.55. The average molecular weight is 429 g/mol. The monoisotopic (exact) mass is 429 g/mol. The number of aromatic amines is 1. The highest BCUT2D eigenvalue weighted by atomic mass is 19.4. The summed E-state index contributed by atoms with van der Waals surface area (Å²) in [5.74, 6) is 0.832. The average Bonchev–Trinajstić information content (AvgIpc) is 3.27. The van der Waals surface area contributed by atoms with E-state index in [0.717, 1.165) is 5.12 Å². The normalized spacial score (nSPS) is 13.6. The van der Waals surface area contributed by atoms with Gasteiger partial charge >= 0.3 is 12.4 Å². The lowest BCUT2D eigenvalue weighted by atomic mass is 10.1. The van der Waals surface area contributed by atoms with E-state index in [9.17, 15) is 26.3 Å². The van der Waals surface area contributed by atoms with E-state index in [1.54, 1.807) is 24.3 Å². The van der Waals surface area contributed by atoms with Crippen molar-refractivity contribution < 1.29 is 31.1 Å². The summed E-state index contributed by atoms with van der Waals surface area (Å²) in [6.45, 7) is 0. The van der Waals surface area contributed by atoms with Crippen LogP contribution in [-0.4, -0.2) is 17.3 Å². The van der Waals surface area contributed by atoms with Crippen LogP contribution in [0, 0.1) is 0 Å². The van der Waals surface area contributed by atoms with Crippen LogP contribution in [0.4, 0.5) is 43.5 Å². The number of benzene rings is 2. The number of ether oxygens (including phenoxy) is 1. The number of rotatable bonds is 3. The van der Waals surface area contributed by atoms with E-state index in [-0.39, 0.29) is 17.6 Å². The second kappa shape index (κ2) is 6.75. The van der Waals surface area contributed by atoms with Crippen molar-refractivity contribution in [2.24, 2.45) is 0 Å². The van der Waals surface area contributed by atoms with Crippen molar-refractivity contribution in [1.29, 1.82) is 0 Å². The smallest absolute Gasteiger partial charge is 0.416 e. The molecule has 3 N–H and O–H groups in total. The van der Waals surface area contributed by atoms with E-state index in [1.165, 1.54) is 7.11 Å². The summed E-state index contributed by atoms with van der Waals surface area (Å²) < 4.78 is 83.8. The van der Waals surface area contributed by atoms with Crippen LogP contribution >= 0.6 is 0 Å². The van der Waals surface area contributed by atoms with Crippen molar-refractivity contribution in [3.8, 4) is 17.0 Å². The fraction of sp³-hybridized carbons (Fsp3) is 0.167. The van der Waals surface area contributed by atoms with Gasteiger partial charge in [-0.15, -0.1) is 0 Å². The molecule has 1 aliphatic rings. The third-order valence-corrected chi connectivity index (χ3v) is 4.42. The second-order valence-corrected chi connectivity index (χ2v) is 6.37. The Morgan fingerprint density at radius 1 is 0.867 bits per heavy atom. The number of hydrogen-bond acceptors (Lipinski definition) is 5. The quantitative estimate of drug-likeness (QED) is 0.494. The largest absolute Gasteiger partial charge is 0.497 e. The van der Waals surface area contributed by atoms with Crippen molar-refractivity contribution in [2.75, 3.05) is 23.1 Å². The number of aromatic nitrogens is 2. The molecule has 3 aromatic rings. The van der Waals surface area contributed by atoms with Crippen molar-refractivity contribution in [3.63, 3.8) is 0 Å². The van der Waals surface area contributed by atoms with Gasteiger partial charge in [-0.3, -0.25) is 16.0 Å². The lowest BCUT2D eigenvalue weighted by molar-refractivity contribution is -0.143. The van der Waals surface area contributed by atoms with Crippen LogP contribution in [0.2, 0.25) is 0 Å². The van der Waals surface area contributed by atoms with Gasteiger partial charge in [-0.25, -0.2) is 0 Å². The fourth-order valence-corrected chi connectivity index (χ4v) is 2.94. The van der Waals surface area contributed by atoms with Crippen LogP contribution in [0.25, 0.3) is 11.3 Å².